The van der Waals surface area contributed by atoms with Gasteiger partial charge in [-0.3, -0.25) is 9.69 Å². The van der Waals surface area contributed by atoms with Crippen molar-refractivity contribution in [3.05, 3.63) is 78.9 Å². The molecule has 1 aliphatic rings. The summed E-state index contributed by atoms with van der Waals surface area (Å²) in [5, 5.41) is 0. The van der Waals surface area contributed by atoms with E-state index in [1.54, 1.807) is 30.0 Å². The molecule has 0 radical (unpaired) electrons. The summed E-state index contributed by atoms with van der Waals surface area (Å²) in [4.78, 5) is 16.6. The maximum atomic E-state index is 13.1. The molecule has 4 rings (SSSR count). The number of sulfone groups is 1. The minimum Gasteiger partial charge on any atom is -0.278 e. The topological polar surface area (TPSA) is 54.5 Å². The van der Waals surface area contributed by atoms with E-state index < -0.39 is 21.5 Å². The van der Waals surface area contributed by atoms with Gasteiger partial charge in [0.25, 0.3) is 0 Å². The number of amides is 1. The van der Waals surface area contributed by atoms with Crippen molar-refractivity contribution in [2.45, 2.75) is 14.7 Å². The Morgan fingerprint density at radius 1 is 0.769 bits per heavy atom. The van der Waals surface area contributed by atoms with Gasteiger partial charge in [0.1, 0.15) is 5.75 Å². The Bertz CT molecular complexity index is 1030. The summed E-state index contributed by atoms with van der Waals surface area (Å²) in [7, 11) is -3.71. The number of carbonyl (C=O) groups excluding carboxylic acids is 1. The van der Waals surface area contributed by atoms with Crippen LogP contribution in [0, 0.1) is 0 Å². The van der Waals surface area contributed by atoms with Gasteiger partial charge in [-0.15, -0.1) is 0 Å². The highest BCUT2D eigenvalue weighted by atomic mass is 32.2. The minimum absolute atomic E-state index is 0.154. The first-order valence-electron chi connectivity index (χ1n) is 8.03. The molecular formula is C20H15NO3S2. The van der Waals surface area contributed by atoms with Gasteiger partial charge in [-0.05, 0) is 36.4 Å². The minimum atomic E-state index is -3.71. The van der Waals surface area contributed by atoms with Crippen molar-refractivity contribution in [2.75, 3.05) is 10.7 Å². The molecule has 0 aromatic heterocycles. The second kappa shape index (κ2) is 6.63. The molecule has 0 aliphatic carbocycles. The number of carbonyl (C=O) groups is 1. The van der Waals surface area contributed by atoms with Crippen LogP contribution in [0.2, 0.25) is 0 Å². The van der Waals surface area contributed by atoms with Crippen LogP contribution >= 0.6 is 11.8 Å². The van der Waals surface area contributed by atoms with E-state index in [1.165, 1.54) is 17.0 Å². The van der Waals surface area contributed by atoms with Crippen molar-refractivity contribution >= 4 is 38.9 Å². The summed E-state index contributed by atoms with van der Waals surface area (Å²) >= 11 is 1.57. The molecule has 0 spiro atoms. The predicted octanol–water partition coefficient (Wildman–Crippen LogP) is 4.29. The third-order valence-electron chi connectivity index (χ3n) is 4.10. The lowest BCUT2D eigenvalue weighted by Gasteiger charge is -2.31. The molecule has 4 nitrogen and oxygen atoms in total. The van der Waals surface area contributed by atoms with Gasteiger partial charge in [-0.2, -0.15) is 0 Å². The van der Waals surface area contributed by atoms with Crippen LogP contribution in [0.5, 0.6) is 0 Å². The van der Waals surface area contributed by atoms with E-state index in [-0.39, 0.29) is 4.90 Å². The average molecular weight is 381 g/mol. The highest BCUT2D eigenvalue weighted by molar-refractivity contribution is 7.99. The van der Waals surface area contributed by atoms with Gasteiger partial charge in [0.2, 0.25) is 5.91 Å². The molecule has 26 heavy (non-hydrogen) atoms. The van der Waals surface area contributed by atoms with Crippen LogP contribution in [0.15, 0.2) is 93.5 Å². The van der Waals surface area contributed by atoms with Crippen LogP contribution < -0.4 is 4.90 Å². The molecule has 1 amide bonds. The van der Waals surface area contributed by atoms with Gasteiger partial charge >= 0.3 is 0 Å². The largest absolute Gasteiger partial charge is 0.278 e. The van der Waals surface area contributed by atoms with Crippen molar-refractivity contribution in [1.29, 1.82) is 0 Å². The van der Waals surface area contributed by atoms with Crippen molar-refractivity contribution < 1.29 is 13.2 Å². The third kappa shape index (κ3) is 3.02. The van der Waals surface area contributed by atoms with Gasteiger partial charge in [-0.25, -0.2) is 8.42 Å². The number of nitrogens with zero attached hydrogens (tertiary/aromatic N) is 1. The molecule has 0 atom stereocenters. The fourth-order valence-corrected chi connectivity index (χ4v) is 5.16. The third-order valence-corrected chi connectivity index (χ3v) is 6.85. The zero-order chi connectivity index (χ0) is 18.1. The highest BCUT2D eigenvalue weighted by Crippen LogP contribution is 2.47. The molecule has 0 saturated carbocycles. The van der Waals surface area contributed by atoms with E-state index in [1.807, 2.05) is 48.5 Å². The fourth-order valence-electron chi connectivity index (χ4n) is 2.91. The van der Waals surface area contributed by atoms with E-state index in [4.69, 9.17) is 0 Å². The first kappa shape index (κ1) is 16.9. The first-order chi connectivity index (χ1) is 12.6. The lowest BCUT2D eigenvalue weighted by atomic mass is 10.2. The van der Waals surface area contributed by atoms with Crippen molar-refractivity contribution in [1.82, 2.24) is 0 Å². The Labute approximate surface area is 156 Å². The van der Waals surface area contributed by atoms with Crippen molar-refractivity contribution in [3.63, 3.8) is 0 Å². The summed E-state index contributed by atoms with van der Waals surface area (Å²) in [6.45, 7) is 0. The zero-order valence-electron chi connectivity index (χ0n) is 13.7. The maximum Gasteiger partial charge on any atom is 0.247 e. The Balaban J connectivity index is 1.75. The zero-order valence-corrected chi connectivity index (χ0v) is 15.3. The first-order valence-corrected chi connectivity index (χ1v) is 10.5. The summed E-state index contributed by atoms with van der Waals surface area (Å²) in [6, 6.07) is 23.1. The second-order valence-corrected chi connectivity index (χ2v) is 8.91. The Morgan fingerprint density at radius 3 is 1.85 bits per heavy atom. The van der Waals surface area contributed by atoms with Crippen LogP contribution in [0.25, 0.3) is 0 Å². The van der Waals surface area contributed by atoms with Gasteiger partial charge in [0.15, 0.2) is 9.84 Å². The molecule has 3 aromatic carbocycles. The fraction of sp³-hybridized carbons (Fsp3) is 0.0500. The van der Waals surface area contributed by atoms with E-state index in [9.17, 15) is 13.2 Å². The summed E-state index contributed by atoms with van der Waals surface area (Å²) in [6.07, 6.45) is 0. The molecule has 6 heteroatoms. The number of hydrogen-bond donors (Lipinski definition) is 0. The Hall–Kier alpha value is -2.57. The molecule has 0 bridgehead atoms. The number of fused-ring (bicyclic) bond motifs is 2. The highest BCUT2D eigenvalue weighted by Gasteiger charge is 2.31. The van der Waals surface area contributed by atoms with Crippen LogP contribution in [0.4, 0.5) is 11.4 Å². The molecule has 0 unspecified atom stereocenters. The molecule has 130 valence electrons. The Morgan fingerprint density at radius 2 is 1.27 bits per heavy atom. The molecule has 0 saturated heterocycles. The molecule has 1 aliphatic heterocycles. The quantitative estimate of drug-likeness (QED) is 0.679. The van der Waals surface area contributed by atoms with Crippen LogP contribution in [0.3, 0.4) is 0 Å². The van der Waals surface area contributed by atoms with E-state index >= 15 is 0 Å². The summed E-state index contributed by atoms with van der Waals surface area (Å²) < 4.78 is 25.3. The summed E-state index contributed by atoms with van der Waals surface area (Å²) in [5.74, 6) is -1.04. The van der Waals surface area contributed by atoms with E-state index in [0.29, 0.717) is 11.4 Å². The van der Waals surface area contributed by atoms with E-state index in [0.717, 1.165) is 9.79 Å². The van der Waals surface area contributed by atoms with E-state index in [2.05, 4.69) is 0 Å². The van der Waals surface area contributed by atoms with Crippen LogP contribution in [-0.4, -0.2) is 20.1 Å². The summed E-state index contributed by atoms with van der Waals surface area (Å²) in [5.41, 5.74) is 1.42. The predicted molar refractivity (Wildman–Crippen MR) is 103 cm³/mol. The number of anilines is 2. The average Bonchev–Trinajstić information content (AvgIpc) is 2.66. The van der Waals surface area contributed by atoms with Gasteiger partial charge < -0.3 is 0 Å². The van der Waals surface area contributed by atoms with Gasteiger partial charge in [-0.1, -0.05) is 54.2 Å². The Kier molecular flexibility index (Phi) is 4.30. The number of hydrogen-bond acceptors (Lipinski definition) is 4. The van der Waals surface area contributed by atoms with Crippen LogP contribution in [-0.2, 0) is 14.6 Å². The number of para-hydroxylation sites is 2. The van der Waals surface area contributed by atoms with Gasteiger partial charge in [0.05, 0.1) is 16.3 Å². The standard InChI is InChI=1S/C20H15NO3S2/c22-20(14-26(23,24)15-8-2-1-3-9-15)21-16-10-4-6-12-18(16)25-19-13-7-5-11-17(19)21/h1-13H,14H2. The molecule has 0 fully saturated rings. The smallest absolute Gasteiger partial charge is 0.247 e. The molecule has 1 heterocycles. The molecule has 0 N–H and O–H groups in total. The van der Waals surface area contributed by atoms with Crippen molar-refractivity contribution in [3.8, 4) is 0 Å². The maximum absolute atomic E-state index is 13.1. The lowest BCUT2D eigenvalue weighted by Crippen LogP contribution is -2.33. The lowest BCUT2D eigenvalue weighted by molar-refractivity contribution is -0.115. The van der Waals surface area contributed by atoms with Gasteiger partial charge in [0, 0.05) is 9.79 Å². The van der Waals surface area contributed by atoms with Crippen molar-refractivity contribution in [2.24, 2.45) is 0 Å². The monoisotopic (exact) mass is 381 g/mol. The van der Waals surface area contributed by atoms with Crippen LogP contribution in [0.1, 0.15) is 0 Å². The normalized spacial score (nSPS) is 13.0. The second-order valence-electron chi connectivity index (χ2n) is 5.84. The number of rotatable bonds is 3. The number of benzene rings is 3. The SMILES string of the molecule is O=C(CS(=O)(=O)c1ccccc1)N1c2ccccc2Sc2ccccc21. The molecule has 3 aromatic rings. The molecular weight excluding hydrogens is 366 g/mol.